The summed E-state index contributed by atoms with van der Waals surface area (Å²) in [4.78, 5) is 0. The van der Waals surface area contributed by atoms with Gasteiger partial charge in [-0.2, -0.15) is 10.2 Å². The number of hydrogen-bond donors (Lipinski definition) is 1. The molecule has 0 unspecified atom stereocenters. The third-order valence-corrected chi connectivity index (χ3v) is 4.68. The fraction of sp³-hybridized carbons (Fsp3) is 0.158. The van der Waals surface area contributed by atoms with Gasteiger partial charge in [-0.1, -0.05) is 41.9 Å². The van der Waals surface area contributed by atoms with Gasteiger partial charge in [0.1, 0.15) is 0 Å². The molecule has 0 aliphatic rings. The second kappa shape index (κ2) is 6.35. The summed E-state index contributed by atoms with van der Waals surface area (Å²) < 4.78 is 3.73. The molecule has 0 saturated heterocycles. The summed E-state index contributed by atoms with van der Waals surface area (Å²) >= 11 is 6.30. The van der Waals surface area contributed by atoms with Gasteiger partial charge < -0.3 is 5.11 Å². The standard InChI is InChI=1S/C19H17ClN4O/c1-23-18-8-13(6-7-14(18)10-21-23)19-9-16(12-25)22-24(19)11-15-4-2-3-5-17(15)20/h2-10,25H,11-12H2,1H3. The van der Waals surface area contributed by atoms with Crippen molar-refractivity contribution in [1.29, 1.82) is 0 Å². The van der Waals surface area contributed by atoms with Crippen LogP contribution < -0.4 is 0 Å². The lowest BCUT2D eigenvalue weighted by Gasteiger charge is -2.09. The van der Waals surface area contributed by atoms with Gasteiger partial charge in [-0.05, 0) is 23.8 Å². The van der Waals surface area contributed by atoms with Gasteiger partial charge in [-0.3, -0.25) is 9.36 Å². The number of benzene rings is 2. The van der Waals surface area contributed by atoms with Crippen LogP contribution in [0.4, 0.5) is 0 Å². The molecule has 2 aromatic carbocycles. The van der Waals surface area contributed by atoms with Gasteiger partial charge in [0.2, 0.25) is 0 Å². The van der Waals surface area contributed by atoms with Crippen molar-refractivity contribution in [3.05, 3.63) is 71.0 Å². The number of hydrogen-bond acceptors (Lipinski definition) is 3. The average Bonchev–Trinajstić information content (AvgIpc) is 3.20. The Labute approximate surface area is 150 Å². The highest BCUT2D eigenvalue weighted by atomic mass is 35.5. The van der Waals surface area contributed by atoms with Crippen LogP contribution >= 0.6 is 11.6 Å². The Morgan fingerprint density at radius 3 is 2.76 bits per heavy atom. The predicted molar refractivity (Wildman–Crippen MR) is 98.4 cm³/mol. The minimum Gasteiger partial charge on any atom is -0.390 e. The topological polar surface area (TPSA) is 55.9 Å². The molecule has 0 amide bonds. The van der Waals surface area contributed by atoms with Crippen molar-refractivity contribution in [2.24, 2.45) is 7.05 Å². The highest BCUT2D eigenvalue weighted by molar-refractivity contribution is 6.31. The molecule has 126 valence electrons. The van der Waals surface area contributed by atoms with Gasteiger partial charge in [0.15, 0.2) is 0 Å². The maximum Gasteiger partial charge on any atom is 0.0885 e. The van der Waals surface area contributed by atoms with E-state index in [-0.39, 0.29) is 6.61 Å². The Balaban J connectivity index is 1.81. The first-order valence-electron chi connectivity index (χ1n) is 7.99. The summed E-state index contributed by atoms with van der Waals surface area (Å²) in [7, 11) is 1.92. The van der Waals surface area contributed by atoms with Crippen LogP contribution in [-0.4, -0.2) is 24.7 Å². The Morgan fingerprint density at radius 2 is 1.96 bits per heavy atom. The molecule has 2 heterocycles. The summed E-state index contributed by atoms with van der Waals surface area (Å²) in [5.41, 5.74) is 4.63. The molecule has 6 heteroatoms. The first-order chi connectivity index (χ1) is 12.2. The largest absolute Gasteiger partial charge is 0.390 e. The quantitative estimate of drug-likeness (QED) is 0.610. The van der Waals surface area contributed by atoms with Crippen molar-refractivity contribution in [3.63, 3.8) is 0 Å². The molecule has 0 spiro atoms. The van der Waals surface area contributed by atoms with Crippen LogP contribution in [-0.2, 0) is 20.2 Å². The minimum atomic E-state index is -0.101. The van der Waals surface area contributed by atoms with Gasteiger partial charge in [0.25, 0.3) is 0 Å². The Morgan fingerprint density at radius 1 is 1.12 bits per heavy atom. The number of aliphatic hydroxyl groups excluding tert-OH is 1. The molecule has 0 saturated carbocycles. The highest BCUT2D eigenvalue weighted by Gasteiger charge is 2.13. The molecular weight excluding hydrogens is 336 g/mol. The maximum atomic E-state index is 9.51. The summed E-state index contributed by atoms with van der Waals surface area (Å²) in [5.74, 6) is 0. The molecule has 4 aromatic rings. The maximum absolute atomic E-state index is 9.51. The van der Waals surface area contributed by atoms with E-state index in [1.54, 1.807) is 0 Å². The van der Waals surface area contributed by atoms with Gasteiger partial charge in [0, 0.05) is 23.0 Å². The smallest absolute Gasteiger partial charge is 0.0885 e. The van der Waals surface area contributed by atoms with Crippen molar-refractivity contribution in [2.75, 3.05) is 0 Å². The van der Waals surface area contributed by atoms with E-state index in [4.69, 9.17) is 11.6 Å². The number of fused-ring (bicyclic) bond motifs is 1. The van der Waals surface area contributed by atoms with Gasteiger partial charge in [0.05, 0.1) is 36.3 Å². The zero-order chi connectivity index (χ0) is 17.4. The van der Waals surface area contributed by atoms with E-state index in [9.17, 15) is 5.11 Å². The second-order valence-corrected chi connectivity index (χ2v) is 6.38. The molecule has 5 nitrogen and oxygen atoms in total. The van der Waals surface area contributed by atoms with E-state index < -0.39 is 0 Å². The number of aryl methyl sites for hydroxylation is 1. The fourth-order valence-corrected chi connectivity index (χ4v) is 3.19. The van der Waals surface area contributed by atoms with Crippen LogP contribution in [0, 0.1) is 0 Å². The van der Waals surface area contributed by atoms with Crippen molar-refractivity contribution >= 4 is 22.5 Å². The Bertz CT molecular complexity index is 1050. The molecule has 2 aromatic heterocycles. The van der Waals surface area contributed by atoms with Crippen LogP contribution in [0.3, 0.4) is 0 Å². The molecule has 0 aliphatic carbocycles. The highest BCUT2D eigenvalue weighted by Crippen LogP contribution is 2.27. The minimum absolute atomic E-state index is 0.101. The summed E-state index contributed by atoms with van der Waals surface area (Å²) in [6.07, 6.45) is 1.85. The van der Waals surface area contributed by atoms with Crippen molar-refractivity contribution in [3.8, 4) is 11.3 Å². The average molecular weight is 353 g/mol. The van der Waals surface area contributed by atoms with Crippen LogP contribution in [0.15, 0.2) is 54.7 Å². The van der Waals surface area contributed by atoms with E-state index in [0.29, 0.717) is 17.3 Å². The lowest BCUT2D eigenvalue weighted by atomic mass is 10.1. The summed E-state index contributed by atoms with van der Waals surface area (Å²) in [6, 6.07) is 15.8. The van der Waals surface area contributed by atoms with Crippen LogP contribution in [0.2, 0.25) is 5.02 Å². The van der Waals surface area contributed by atoms with E-state index in [1.165, 1.54) is 0 Å². The lowest BCUT2D eigenvalue weighted by molar-refractivity contribution is 0.275. The van der Waals surface area contributed by atoms with Crippen molar-refractivity contribution in [1.82, 2.24) is 19.6 Å². The monoisotopic (exact) mass is 352 g/mol. The van der Waals surface area contributed by atoms with Gasteiger partial charge >= 0.3 is 0 Å². The Kier molecular flexibility index (Phi) is 4.03. The first-order valence-corrected chi connectivity index (χ1v) is 8.36. The lowest BCUT2D eigenvalue weighted by Crippen LogP contribution is -2.05. The zero-order valence-electron chi connectivity index (χ0n) is 13.7. The third-order valence-electron chi connectivity index (χ3n) is 4.32. The molecule has 0 aliphatic heterocycles. The van der Waals surface area contributed by atoms with Gasteiger partial charge in [-0.25, -0.2) is 0 Å². The van der Waals surface area contributed by atoms with E-state index >= 15 is 0 Å². The molecule has 0 fully saturated rings. The molecule has 4 rings (SSSR count). The van der Waals surface area contributed by atoms with Crippen LogP contribution in [0.1, 0.15) is 11.3 Å². The molecule has 0 radical (unpaired) electrons. The van der Waals surface area contributed by atoms with Crippen molar-refractivity contribution < 1.29 is 5.11 Å². The van der Waals surface area contributed by atoms with E-state index in [2.05, 4.69) is 16.3 Å². The second-order valence-electron chi connectivity index (χ2n) is 5.97. The number of rotatable bonds is 4. The molecular formula is C19H17ClN4O. The molecule has 0 atom stereocenters. The fourth-order valence-electron chi connectivity index (χ4n) is 2.99. The number of aromatic nitrogens is 4. The van der Waals surface area contributed by atoms with Gasteiger partial charge in [-0.15, -0.1) is 0 Å². The molecule has 0 bridgehead atoms. The SMILES string of the molecule is Cn1ncc2ccc(-c3cc(CO)nn3Cc3ccccc3Cl)cc21. The van der Waals surface area contributed by atoms with E-state index in [1.807, 2.05) is 65.1 Å². The summed E-state index contributed by atoms with van der Waals surface area (Å²) in [5, 5.41) is 20.1. The Hall–Kier alpha value is -2.63. The van der Waals surface area contributed by atoms with Crippen LogP contribution in [0.25, 0.3) is 22.2 Å². The van der Waals surface area contributed by atoms with Crippen LogP contribution in [0.5, 0.6) is 0 Å². The number of aliphatic hydroxyl groups is 1. The van der Waals surface area contributed by atoms with Crippen molar-refractivity contribution in [2.45, 2.75) is 13.2 Å². The molecule has 25 heavy (non-hydrogen) atoms. The third kappa shape index (κ3) is 2.92. The van der Waals surface area contributed by atoms with E-state index in [0.717, 1.165) is 27.7 Å². The summed E-state index contributed by atoms with van der Waals surface area (Å²) in [6.45, 7) is 0.439. The first kappa shape index (κ1) is 15.9. The number of nitrogens with zero attached hydrogens (tertiary/aromatic N) is 4. The number of halogens is 1. The normalized spacial score (nSPS) is 11.3. The predicted octanol–water partition coefficient (Wildman–Crippen LogP) is 3.63. The zero-order valence-corrected chi connectivity index (χ0v) is 14.5. The molecule has 1 N–H and O–H groups in total.